The van der Waals surface area contributed by atoms with Crippen LogP contribution in [0.5, 0.6) is 0 Å². The molecule has 1 aromatic heterocycles. The van der Waals surface area contributed by atoms with Crippen LogP contribution in [0.4, 0.5) is 0 Å². The van der Waals surface area contributed by atoms with Gasteiger partial charge >= 0.3 is 114 Å². The monoisotopic (exact) mass is 254 g/mol. The molecule has 98 valence electrons. The van der Waals surface area contributed by atoms with Crippen LogP contribution in [-0.2, 0) is 6.54 Å². The van der Waals surface area contributed by atoms with Crippen molar-refractivity contribution in [2.75, 3.05) is 0 Å². The van der Waals surface area contributed by atoms with Crippen LogP contribution in [-0.4, -0.2) is 33.5 Å². The van der Waals surface area contributed by atoms with Crippen molar-refractivity contribution in [2.45, 2.75) is 27.3 Å². The Morgan fingerprint density at radius 1 is 1.53 bits per heavy atom. The molecule has 0 saturated heterocycles. The predicted octanol–water partition coefficient (Wildman–Crippen LogP) is 2.33. The van der Waals surface area contributed by atoms with Crippen LogP contribution in [0.3, 0.4) is 0 Å². The molecule has 0 bridgehead atoms. The fourth-order valence-corrected chi connectivity index (χ4v) is 1.47. The molecular weight excluding hydrogens is 235 g/mol. The molecule has 0 amide bonds. The molecule has 5 heteroatoms. The summed E-state index contributed by atoms with van der Waals surface area (Å²) in [5.41, 5.74) is 2.78. The molecule has 0 saturated carbocycles. The Morgan fingerprint density at radius 2 is 2.32 bits per heavy atom. The first-order valence-electron chi connectivity index (χ1n) is 6.22. The second-order valence-corrected chi connectivity index (χ2v) is 3.92. The summed E-state index contributed by atoms with van der Waals surface area (Å²) in [6.07, 6.45) is 9.37. The van der Waals surface area contributed by atoms with Crippen molar-refractivity contribution < 1.29 is 0 Å². The predicted molar refractivity (Wildman–Crippen MR) is 83.6 cm³/mol. The first kappa shape index (κ1) is 15.0. The summed E-state index contributed by atoms with van der Waals surface area (Å²) < 4.78 is 1.73. The van der Waals surface area contributed by atoms with Crippen molar-refractivity contribution >= 4 is 24.2 Å². The van der Waals surface area contributed by atoms with Crippen LogP contribution in [0.2, 0.25) is 0 Å². The third-order valence-corrected chi connectivity index (χ3v) is 2.40. The molecule has 0 aromatic carbocycles. The van der Waals surface area contributed by atoms with Crippen LogP contribution in [0.15, 0.2) is 42.1 Å². The van der Waals surface area contributed by atoms with Gasteiger partial charge in [0.1, 0.15) is 0 Å². The molecule has 0 aliphatic rings. The summed E-state index contributed by atoms with van der Waals surface area (Å²) in [6, 6.07) is 0. The van der Waals surface area contributed by atoms with E-state index in [9.17, 15) is 0 Å². The molecule has 1 rings (SSSR count). The van der Waals surface area contributed by atoms with Crippen molar-refractivity contribution in [1.82, 2.24) is 15.0 Å². The summed E-state index contributed by atoms with van der Waals surface area (Å²) >= 11 is 0. The first-order valence-corrected chi connectivity index (χ1v) is 6.22. The normalized spacial score (nSPS) is 13.2. The Labute approximate surface area is 115 Å². The number of hydrogen-bond donors (Lipinski definition) is 0. The third kappa shape index (κ3) is 5.00. The molecule has 0 fully saturated rings. The second-order valence-electron chi connectivity index (χ2n) is 3.92. The Hall–Kier alpha value is -2.04. The molecule has 0 aliphatic carbocycles. The average molecular weight is 254 g/mol. The van der Waals surface area contributed by atoms with E-state index in [-0.39, 0.29) is 0 Å². The van der Waals surface area contributed by atoms with Crippen LogP contribution in [0.25, 0.3) is 5.70 Å². The van der Waals surface area contributed by atoms with E-state index in [0.717, 1.165) is 17.0 Å². The molecule has 4 nitrogen and oxygen atoms in total. The molecule has 1 heterocycles. The Kier molecular flexibility index (Phi) is 6.43. The zero-order valence-electron chi connectivity index (χ0n) is 11.7. The van der Waals surface area contributed by atoms with E-state index in [0.29, 0.717) is 6.54 Å². The summed E-state index contributed by atoms with van der Waals surface area (Å²) in [6.45, 7) is 12.1. The van der Waals surface area contributed by atoms with Gasteiger partial charge in [-0.15, -0.1) is 0 Å². The Bertz CT molecular complexity index is 535. The molecule has 0 unspecified atom stereocenters. The van der Waals surface area contributed by atoms with Gasteiger partial charge in [0.25, 0.3) is 0 Å². The topological polar surface area (TPSA) is 43.1 Å². The van der Waals surface area contributed by atoms with Crippen LogP contribution in [0.1, 0.15) is 26.5 Å². The molecule has 0 spiro atoms. The van der Waals surface area contributed by atoms with Crippen molar-refractivity contribution in [1.29, 1.82) is 0 Å². The zero-order chi connectivity index (χ0) is 14.1. The maximum absolute atomic E-state index is 4.41. The molecule has 0 radical (unpaired) electrons. The molecule has 1 aromatic rings. The molecule has 19 heavy (non-hydrogen) atoms. The van der Waals surface area contributed by atoms with Gasteiger partial charge < -0.3 is 0 Å². The van der Waals surface area contributed by atoms with Crippen molar-refractivity contribution in [2.24, 2.45) is 4.99 Å². The third-order valence-electron chi connectivity index (χ3n) is 2.40. The summed E-state index contributed by atoms with van der Waals surface area (Å²) in [5, 5.41) is 8.20. The minimum atomic E-state index is 0.540. The van der Waals surface area contributed by atoms with E-state index < -0.39 is 0 Å². The second kappa shape index (κ2) is 8.13. The zero-order valence-corrected chi connectivity index (χ0v) is 11.7. The SMILES string of the molecule is C=CC=CC(=CC)n1cc(CN=C(C)B=CC)nn1. The van der Waals surface area contributed by atoms with Crippen LogP contribution >= 0.6 is 0 Å². The van der Waals surface area contributed by atoms with Gasteiger partial charge in [0.2, 0.25) is 0 Å². The number of aliphatic imine (C=N–C) groups is 1. The summed E-state index contributed by atoms with van der Waals surface area (Å²) in [7, 11) is 0. The van der Waals surface area contributed by atoms with Gasteiger partial charge in [-0.25, -0.2) is 0 Å². The van der Waals surface area contributed by atoms with Crippen molar-refractivity contribution in [3.05, 3.63) is 42.8 Å². The van der Waals surface area contributed by atoms with E-state index in [2.05, 4.69) is 21.9 Å². The van der Waals surface area contributed by atoms with Crippen LogP contribution < -0.4 is 0 Å². The first-order chi connectivity index (χ1) is 9.21. The Morgan fingerprint density at radius 3 is 2.95 bits per heavy atom. The maximum atomic E-state index is 4.41. The standard InChI is InChI=1S/C14H19BN4/c1-5-8-9-14(6-2)19-11-13(17-18-19)10-16-12(4)15-7-3/h5-9,11H,1,10H2,2-4H3. The number of rotatable bonds is 6. The Balaban J connectivity index is 2.79. The molecular formula is C14H19BN4. The fourth-order valence-electron chi connectivity index (χ4n) is 1.47. The van der Waals surface area contributed by atoms with E-state index in [1.807, 2.05) is 58.1 Å². The van der Waals surface area contributed by atoms with E-state index in [1.165, 1.54) is 0 Å². The van der Waals surface area contributed by atoms with Gasteiger partial charge in [-0.3, -0.25) is 0 Å². The van der Waals surface area contributed by atoms with Gasteiger partial charge in [-0.2, -0.15) is 0 Å². The van der Waals surface area contributed by atoms with Crippen LogP contribution in [0, 0.1) is 0 Å². The fraction of sp³-hybridized carbons (Fsp3) is 0.286. The van der Waals surface area contributed by atoms with Gasteiger partial charge in [0.15, 0.2) is 0 Å². The molecule has 0 N–H and O–H groups in total. The average Bonchev–Trinajstić information content (AvgIpc) is 2.86. The van der Waals surface area contributed by atoms with E-state index in [4.69, 9.17) is 0 Å². The number of nitrogens with zero attached hydrogens (tertiary/aromatic N) is 4. The van der Waals surface area contributed by atoms with Gasteiger partial charge in [-0.1, -0.05) is 0 Å². The van der Waals surface area contributed by atoms with Crippen molar-refractivity contribution in [3.8, 4) is 0 Å². The number of aromatic nitrogens is 3. The minimum absolute atomic E-state index is 0.540. The number of hydrogen-bond acceptors (Lipinski definition) is 3. The van der Waals surface area contributed by atoms with Gasteiger partial charge in [0, 0.05) is 0 Å². The summed E-state index contributed by atoms with van der Waals surface area (Å²) in [4.78, 5) is 4.41. The molecule has 0 aliphatic heterocycles. The van der Waals surface area contributed by atoms with E-state index >= 15 is 0 Å². The quantitative estimate of drug-likeness (QED) is 0.444. The van der Waals surface area contributed by atoms with Gasteiger partial charge in [0.05, 0.1) is 0 Å². The number of allylic oxidation sites excluding steroid dienone is 5. The van der Waals surface area contributed by atoms with E-state index in [1.54, 1.807) is 10.8 Å². The summed E-state index contributed by atoms with van der Waals surface area (Å²) in [5.74, 6) is 1.97. The van der Waals surface area contributed by atoms with Gasteiger partial charge in [-0.05, 0) is 0 Å². The molecule has 0 atom stereocenters. The van der Waals surface area contributed by atoms with Crippen molar-refractivity contribution in [3.63, 3.8) is 0 Å².